The normalized spacial score (nSPS) is 12.4. The van der Waals surface area contributed by atoms with E-state index >= 15 is 0 Å². The van der Waals surface area contributed by atoms with Gasteiger partial charge in [0.25, 0.3) is 0 Å². The molecule has 0 aliphatic carbocycles. The summed E-state index contributed by atoms with van der Waals surface area (Å²) in [5.41, 5.74) is 3.61. The summed E-state index contributed by atoms with van der Waals surface area (Å²) in [6, 6.07) is 7.93. The summed E-state index contributed by atoms with van der Waals surface area (Å²) in [4.78, 5) is 0. The minimum absolute atomic E-state index is 0.131. The molecule has 0 atom stereocenters. The Morgan fingerprint density at radius 1 is 1.25 bits per heavy atom. The predicted molar refractivity (Wildman–Crippen MR) is 85.3 cm³/mol. The highest BCUT2D eigenvalue weighted by atomic mass is 16.5. The second kappa shape index (κ2) is 9.21. The lowest BCUT2D eigenvalue weighted by Crippen LogP contribution is -2.02. The van der Waals surface area contributed by atoms with Crippen LogP contribution in [-0.2, 0) is 0 Å². The number of ether oxygens (including phenoxy) is 1. The molecule has 0 fully saturated rings. The van der Waals surface area contributed by atoms with Crippen molar-refractivity contribution in [2.24, 2.45) is 0 Å². The van der Waals surface area contributed by atoms with Gasteiger partial charge in [0.05, 0.1) is 13.7 Å². The number of allylic oxidation sites excluding steroid dienone is 2. The topological polar surface area (TPSA) is 41.5 Å². The number of rotatable bonds is 8. The van der Waals surface area contributed by atoms with Crippen molar-refractivity contribution in [3.05, 3.63) is 47.6 Å². The van der Waals surface area contributed by atoms with E-state index in [0.717, 1.165) is 30.8 Å². The molecular weight excluding hydrogens is 250 g/mol. The molecule has 20 heavy (non-hydrogen) atoms. The molecule has 0 amide bonds. The van der Waals surface area contributed by atoms with Crippen molar-refractivity contribution < 1.29 is 9.84 Å². The molecule has 2 N–H and O–H groups in total. The number of nitrogens with one attached hydrogen (secondary N) is 1. The van der Waals surface area contributed by atoms with Gasteiger partial charge in [-0.05, 0) is 38.8 Å². The second-order valence-electron chi connectivity index (χ2n) is 4.91. The Balaban J connectivity index is 2.38. The first-order valence-corrected chi connectivity index (χ1v) is 6.95. The largest absolute Gasteiger partial charge is 0.497 e. The standard InChI is InChI=1S/C17H25NO2/c1-14(10-11-19)6-4-7-15(2)13-18-16-8-5-9-17(12-16)20-3/h5,7-10,12,18-19H,4,6,11,13H2,1-3H3/b14-10+,15-7+. The van der Waals surface area contributed by atoms with Crippen molar-refractivity contribution in [3.63, 3.8) is 0 Å². The maximum Gasteiger partial charge on any atom is 0.120 e. The fourth-order valence-corrected chi connectivity index (χ4v) is 1.85. The van der Waals surface area contributed by atoms with E-state index in [1.807, 2.05) is 37.3 Å². The zero-order valence-electron chi connectivity index (χ0n) is 12.6. The van der Waals surface area contributed by atoms with E-state index < -0.39 is 0 Å². The Kier molecular flexibility index (Phi) is 7.51. The van der Waals surface area contributed by atoms with E-state index in [0.29, 0.717) is 0 Å². The molecule has 0 aromatic heterocycles. The van der Waals surface area contributed by atoms with E-state index in [9.17, 15) is 0 Å². The lowest BCUT2D eigenvalue weighted by atomic mass is 10.1. The number of benzene rings is 1. The van der Waals surface area contributed by atoms with E-state index in [-0.39, 0.29) is 6.61 Å². The van der Waals surface area contributed by atoms with E-state index in [1.54, 1.807) is 7.11 Å². The summed E-state index contributed by atoms with van der Waals surface area (Å²) in [6.45, 7) is 5.13. The quantitative estimate of drug-likeness (QED) is 0.710. The van der Waals surface area contributed by atoms with Gasteiger partial charge in [0.2, 0.25) is 0 Å². The molecule has 1 aromatic carbocycles. The molecule has 110 valence electrons. The summed E-state index contributed by atoms with van der Waals surface area (Å²) in [6.07, 6.45) is 6.10. The Bertz CT molecular complexity index is 464. The van der Waals surface area contributed by atoms with Gasteiger partial charge in [-0.3, -0.25) is 0 Å². The minimum atomic E-state index is 0.131. The van der Waals surface area contributed by atoms with Gasteiger partial charge >= 0.3 is 0 Å². The van der Waals surface area contributed by atoms with Crippen molar-refractivity contribution in [3.8, 4) is 5.75 Å². The van der Waals surface area contributed by atoms with Crippen LogP contribution in [0.1, 0.15) is 26.7 Å². The molecule has 0 heterocycles. The Labute approximate surface area is 122 Å². The van der Waals surface area contributed by atoms with Crippen LogP contribution in [0.5, 0.6) is 5.75 Å². The molecule has 0 saturated heterocycles. The maximum absolute atomic E-state index is 8.79. The highest BCUT2D eigenvalue weighted by Gasteiger charge is 1.96. The second-order valence-corrected chi connectivity index (χ2v) is 4.91. The minimum Gasteiger partial charge on any atom is -0.497 e. The molecule has 0 saturated carbocycles. The zero-order valence-corrected chi connectivity index (χ0v) is 12.6. The third-order valence-electron chi connectivity index (χ3n) is 3.11. The van der Waals surface area contributed by atoms with E-state index in [1.165, 1.54) is 11.1 Å². The zero-order chi connectivity index (χ0) is 14.8. The lowest BCUT2D eigenvalue weighted by molar-refractivity contribution is 0.341. The van der Waals surface area contributed by atoms with Crippen LogP contribution in [0, 0.1) is 0 Å². The van der Waals surface area contributed by atoms with Gasteiger partial charge in [0.15, 0.2) is 0 Å². The van der Waals surface area contributed by atoms with Crippen molar-refractivity contribution in [2.75, 3.05) is 25.6 Å². The molecule has 0 bridgehead atoms. The summed E-state index contributed by atoms with van der Waals surface area (Å²) in [5, 5.41) is 12.2. The first kappa shape index (κ1) is 16.3. The predicted octanol–water partition coefficient (Wildman–Crippen LogP) is 3.77. The number of aliphatic hydroxyl groups is 1. The van der Waals surface area contributed by atoms with Gasteiger partial charge in [-0.25, -0.2) is 0 Å². The van der Waals surface area contributed by atoms with Gasteiger partial charge in [-0.2, -0.15) is 0 Å². The maximum atomic E-state index is 8.79. The molecule has 0 aliphatic heterocycles. The highest BCUT2D eigenvalue weighted by Crippen LogP contribution is 2.17. The molecule has 1 rings (SSSR count). The van der Waals surface area contributed by atoms with Gasteiger partial charge in [-0.1, -0.05) is 29.4 Å². The van der Waals surface area contributed by atoms with Crippen LogP contribution in [0.3, 0.4) is 0 Å². The molecule has 0 spiro atoms. The molecular formula is C17H25NO2. The van der Waals surface area contributed by atoms with Crippen molar-refractivity contribution in [1.29, 1.82) is 0 Å². The molecule has 3 nitrogen and oxygen atoms in total. The van der Waals surface area contributed by atoms with Gasteiger partial charge in [-0.15, -0.1) is 0 Å². The van der Waals surface area contributed by atoms with Gasteiger partial charge in [0.1, 0.15) is 5.75 Å². The first-order chi connectivity index (χ1) is 9.65. The summed E-state index contributed by atoms with van der Waals surface area (Å²) in [5.74, 6) is 0.862. The van der Waals surface area contributed by atoms with Gasteiger partial charge < -0.3 is 15.2 Å². The SMILES string of the molecule is COc1cccc(NC/C(C)=C/CC/C(C)=C/CO)c1. The van der Waals surface area contributed by atoms with Crippen molar-refractivity contribution in [1.82, 2.24) is 0 Å². The van der Waals surface area contributed by atoms with Crippen LogP contribution >= 0.6 is 0 Å². The average Bonchev–Trinajstić information content (AvgIpc) is 2.45. The molecule has 0 radical (unpaired) electrons. The van der Waals surface area contributed by atoms with Crippen molar-refractivity contribution in [2.45, 2.75) is 26.7 Å². The van der Waals surface area contributed by atoms with Gasteiger partial charge in [0, 0.05) is 18.3 Å². The van der Waals surface area contributed by atoms with Crippen molar-refractivity contribution >= 4 is 5.69 Å². The van der Waals surface area contributed by atoms with Crippen LogP contribution in [0.15, 0.2) is 47.6 Å². The smallest absolute Gasteiger partial charge is 0.120 e. The lowest BCUT2D eigenvalue weighted by Gasteiger charge is -2.08. The molecule has 0 aliphatic rings. The average molecular weight is 275 g/mol. The first-order valence-electron chi connectivity index (χ1n) is 6.95. The fraction of sp³-hybridized carbons (Fsp3) is 0.412. The molecule has 0 unspecified atom stereocenters. The number of hydrogen-bond donors (Lipinski definition) is 2. The van der Waals surface area contributed by atoms with Crippen LogP contribution in [0.25, 0.3) is 0 Å². The number of anilines is 1. The van der Waals surface area contributed by atoms with Crippen LogP contribution < -0.4 is 10.1 Å². The fourth-order valence-electron chi connectivity index (χ4n) is 1.85. The summed E-state index contributed by atoms with van der Waals surface area (Å²) >= 11 is 0. The molecule has 1 aromatic rings. The van der Waals surface area contributed by atoms with Crippen LogP contribution in [-0.4, -0.2) is 25.4 Å². The van der Waals surface area contributed by atoms with E-state index in [2.05, 4.69) is 18.3 Å². The van der Waals surface area contributed by atoms with E-state index in [4.69, 9.17) is 9.84 Å². The Morgan fingerprint density at radius 2 is 2.05 bits per heavy atom. The Morgan fingerprint density at radius 3 is 2.75 bits per heavy atom. The number of methoxy groups -OCH3 is 1. The number of hydrogen-bond acceptors (Lipinski definition) is 3. The molecule has 3 heteroatoms. The third kappa shape index (κ3) is 6.43. The summed E-state index contributed by atoms with van der Waals surface area (Å²) in [7, 11) is 1.67. The number of aliphatic hydroxyl groups excluding tert-OH is 1. The highest BCUT2D eigenvalue weighted by molar-refractivity contribution is 5.48. The van der Waals surface area contributed by atoms with Crippen LogP contribution in [0.2, 0.25) is 0 Å². The third-order valence-corrected chi connectivity index (χ3v) is 3.11. The summed E-state index contributed by atoms with van der Waals surface area (Å²) < 4.78 is 5.19. The van der Waals surface area contributed by atoms with Crippen LogP contribution in [0.4, 0.5) is 5.69 Å². The Hall–Kier alpha value is -1.74. The monoisotopic (exact) mass is 275 g/mol.